The number of hydrogen-bond donors (Lipinski definition) is 1. The maximum Gasteiger partial charge on any atom is 0.325 e. The number of benzene rings is 2. The van der Waals surface area contributed by atoms with Gasteiger partial charge in [-0.15, -0.1) is 0 Å². The lowest BCUT2D eigenvalue weighted by Gasteiger charge is -2.25. The molecule has 1 saturated heterocycles. The molecule has 1 atom stereocenters. The molecule has 144 valence electrons. The van der Waals surface area contributed by atoms with Crippen LogP contribution in [0, 0.1) is 6.92 Å². The zero-order valence-electron chi connectivity index (χ0n) is 16.1. The van der Waals surface area contributed by atoms with Crippen molar-refractivity contribution >= 4 is 23.5 Å². The highest BCUT2D eigenvalue weighted by Gasteiger charge is 2.55. The predicted molar refractivity (Wildman–Crippen MR) is 106 cm³/mol. The highest BCUT2D eigenvalue weighted by molar-refractivity contribution is 6.11. The highest BCUT2D eigenvalue weighted by atomic mass is 16.2. The first-order chi connectivity index (χ1) is 13.5. The second-order valence-electron chi connectivity index (χ2n) is 7.31. The lowest BCUT2D eigenvalue weighted by atomic mass is 9.92. The fraction of sp³-hybridized carbons (Fsp3) is 0.318. The molecule has 2 aromatic rings. The Morgan fingerprint density at radius 2 is 1.86 bits per heavy atom. The summed E-state index contributed by atoms with van der Waals surface area (Å²) in [5.74, 6) is -0.611. The average molecular weight is 377 g/mol. The summed E-state index contributed by atoms with van der Waals surface area (Å²) in [5.41, 5.74) is 2.64. The zero-order chi connectivity index (χ0) is 19.9. The summed E-state index contributed by atoms with van der Waals surface area (Å²) < 4.78 is 0. The molecule has 1 aliphatic carbocycles. The molecule has 0 radical (unpaired) electrons. The number of carbonyl (C=O) groups excluding carboxylic acids is 3. The van der Waals surface area contributed by atoms with Crippen molar-refractivity contribution in [3.63, 3.8) is 0 Å². The van der Waals surface area contributed by atoms with Gasteiger partial charge in [0.2, 0.25) is 5.91 Å². The van der Waals surface area contributed by atoms with Gasteiger partial charge in [-0.3, -0.25) is 14.5 Å². The number of fused-ring (bicyclic) bond motifs is 2. The van der Waals surface area contributed by atoms with Crippen molar-refractivity contribution in [3.05, 3.63) is 65.2 Å². The second-order valence-corrected chi connectivity index (χ2v) is 7.31. The van der Waals surface area contributed by atoms with E-state index in [9.17, 15) is 14.4 Å². The number of rotatable bonds is 4. The number of hydrogen-bond acceptors (Lipinski definition) is 3. The van der Waals surface area contributed by atoms with E-state index in [0.29, 0.717) is 13.0 Å². The SMILES string of the molecule is CCN(C(=O)CN1C(=O)NC2(CCc3ccccc32)C1=O)c1ccccc1C. The number of nitrogens with one attached hydrogen (secondary N) is 1. The summed E-state index contributed by atoms with van der Waals surface area (Å²) in [7, 11) is 0. The Hall–Kier alpha value is -3.15. The van der Waals surface area contributed by atoms with Crippen molar-refractivity contribution < 1.29 is 14.4 Å². The molecule has 2 aliphatic rings. The van der Waals surface area contributed by atoms with E-state index in [1.165, 1.54) is 0 Å². The first kappa shape index (κ1) is 18.2. The van der Waals surface area contributed by atoms with Crippen molar-refractivity contribution in [3.8, 4) is 0 Å². The largest absolute Gasteiger partial charge is 0.325 e. The fourth-order valence-electron chi connectivity index (χ4n) is 4.30. The van der Waals surface area contributed by atoms with Gasteiger partial charge in [-0.25, -0.2) is 4.79 Å². The summed E-state index contributed by atoms with van der Waals surface area (Å²) >= 11 is 0. The topological polar surface area (TPSA) is 69.7 Å². The minimum atomic E-state index is -1.03. The lowest BCUT2D eigenvalue weighted by molar-refractivity contribution is -0.134. The van der Waals surface area contributed by atoms with E-state index in [1.807, 2.05) is 62.4 Å². The number of anilines is 1. The number of aryl methyl sites for hydroxylation is 2. The predicted octanol–water partition coefficient (Wildman–Crippen LogP) is 2.74. The van der Waals surface area contributed by atoms with Gasteiger partial charge in [-0.2, -0.15) is 0 Å². The number of para-hydroxylation sites is 1. The number of amides is 4. The molecule has 4 amide bonds. The molecule has 6 heteroatoms. The molecular formula is C22H23N3O3. The van der Waals surface area contributed by atoms with Gasteiger partial charge in [0.25, 0.3) is 5.91 Å². The number of imide groups is 1. The van der Waals surface area contributed by atoms with Crippen LogP contribution in [0.2, 0.25) is 0 Å². The third kappa shape index (κ3) is 2.68. The average Bonchev–Trinajstić information content (AvgIpc) is 3.17. The molecule has 1 N–H and O–H groups in total. The second kappa shape index (κ2) is 6.78. The molecule has 0 saturated carbocycles. The molecule has 1 aliphatic heterocycles. The minimum Gasteiger partial charge on any atom is -0.319 e. The van der Waals surface area contributed by atoms with Crippen molar-refractivity contribution in [1.82, 2.24) is 10.2 Å². The molecule has 6 nitrogen and oxygen atoms in total. The van der Waals surface area contributed by atoms with Gasteiger partial charge >= 0.3 is 6.03 Å². The van der Waals surface area contributed by atoms with Crippen LogP contribution in [0.5, 0.6) is 0 Å². The van der Waals surface area contributed by atoms with Gasteiger partial charge in [0.05, 0.1) is 0 Å². The van der Waals surface area contributed by atoms with Crippen LogP contribution in [0.25, 0.3) is 0 Å². The minimum absolute atomic E-state index is 0.267. The molecule has 1 fully saturated rings. The standard InChI is InChI=1S/C22H23N3O3/c1-3-24(18-11-7-4-8-15(18)2)19(26)14-25-20(27)22(23-21(25)28)13-12-16-9-5-6-10-17(16)22/h4-11H,3,12-14H2,1-2H3,(H,23,28). The summed E-state index contributed by atoms with van der Waals surface area (Å²) in [6, 6.07) is 14.8. The van der Waals surface area contributed by atoms with E-state index in [1.54, 1.807) is 4.90 Å². The van der Waals surface area contributed by atoms with Gasteiger partial charge in [0.15, 0.2) is 0 Å². The number of carbonyl (C=O) groups is 3. The normalized spacial score (nSPS) is 20.4. The maximum absolute atomic E-state index is 13.2. The number of likely N-dealkylation sites (N-methyl/N-ethyl adjacent to an activating group) is 1. The smallest absolute Gasteiger partial charge is 0.319 e. The Bertz CT molecular complexity index is 971. The van der Waals surface area contributed by atoms with E-state index >= 15 is 0 Å². The first-order valence-electron chi connectivity index (χ1n) is 9.56. The van der Waals surface area contributed by atoms with Crippen molar-refractivity contribution in [2.75, 3.05) is 18.0 Å². The summed E-state index contributed by atoms with van der Waals surface area (Å²) in [5, 5.41) is 2.87. The Kier molecular flexibility index (Phi) is 4.41. The Balaban J connectivity index is 1.59. The Morgan fingerprint density at radius 3 is 2.61 bits per heavy atom. The van der Waals surface area contributed by atoms with Crippen LogP contribution in [0.3, 0.4) is 0 Å². The van der Waals surface area contributed by atoms with Gasteiger partial charge in [-0.1, -0.05) is 42.5 Å². The number of urea groups is 1. The van der Waals surface area contributed by atoms with E-state index in [-0.39, 0.29) is 18.4 Å². The van der Waals surface area contributed by atoms with Crippen LogP contribution in [-0.4, -0.2) is 35.8 Å². The Labute approximate surface area is 164 Å². The lowest BCUT2D eigenvalue weighted by Crippen LogP contribution is -2.45. The van der Waals surface area contributed by atoms with E-state index in [4.69, 9.17) is 0 Å². The van der Waals surface area contributed by atoms with Gasteiger partial charge < -0.3 is 10.2 Å². The fourth-order valence-corrected chi connectivity index (χ4v) is 4.30. The monoisotopic (exact) mass is 377 g/mol. The molecule has 1 unspecified atom stereocenters. The van der Waals surface area contributed by atoms with Crippen LogP contribution in [0.15, 0.2) is 48.5 Å². The van der Waals surface area contributed by atoms with Crippen molar-refractivity contribution in [2.45, 2.75) is 32.2 Å². The first-order valence-corrected chi connectivity index (χ1v) is 9.56. The Morgan fingerprint density at radius 1 is 1.14 bits per heavy atom. The van der Waals surface area contributed by atoms with Crippen LogP contribution < -0.4 is 10.2 Å². The van der Waals surface area contributed by atoms with Gasteiger partial charge in [0, 0.05) is 12.2 Å². The van der Waals surface area contributed by atoms with Crippen LogP contribution in [-0.2, 0) is 21.5 Å². The molecule has 0 aromatic heterocycles. The highest BCUT2D eigenvalue weighted by Crippen LogP contribution is 2.41. The third-order valence-corrected chi connectivity index (χ3v) is 5.74. The molecule has 1 heterocycles. The van der Waals surface area contributed by atoms with E-state index in [2.05, 4.69) is 5.32 Å². The molecular weight excluding hydrogens is 354 g/mol. The molecule has 28 heavy (non-hydrogen) atoms. The van der Waals surface area contributed by atoms with Crippen LogP contribution >= 0.6 is 0 Å². The molecule has 2 aromatic carbocycles. The summed E-state index contributed by atoms with van der Waals surface area (Å²) in [4.78, 5) is 41.5. The summed E-state index contributed by atoms with van der Waals surface area (Å²) in [6.07, 6.45) is 1.26. The van der Waals surface area contributed by atoms with E-state index in [0.717, 1.165) is 33.7 Å². The van der Waals surface area contributed by atoms with Crippen LogP contribution in [0.1, 0.15) is 30.0 Å². The quantitative estimate of drug-likeness (QED) is 0.833. The van der Waals surface area contributed by atoms with Crippen molar-refractivity contribution in [2.24, 2.45) is 0 Å². The maximum atomic E-state index is 13.2. The van der Waals surface area contributed by atoms with Gasteiger partial charge in [0.1, 0.15) is 12.1 Å². The number of nitrogens with zero attached hydrogens (tertiary/aromatic N) is 2. The van der Waals surface area contributed by atoms with E-state index < -0.39 is 11.6 Å². The third-order valence-electron chi connectivity index (χ3n) is 5.74. The summed E-state index contributed by atoms with van der Waals surface area (Å²) in [6.45, 7) is 4.01. The van der Waals surface area contributed by atoms with Crippen molar-refractivity contribution in [1.29, 1.82) is 0 Å². The molecule has 4 rings (SSSR count). The molecule has 0 bridgehead atoms. The van der Waals surface area contributed by atoms with Crippen LogP contribution in [0.4, 0.5) is 10.5 Å². The zero-order valence-corrected chi connectivity index (χ0v) is 16.1. The van der Waals surface area contributed by atoms with Gasteiger partial charge in [-0.05, 0) is 49.4 Å². The molecule has 1 spiro atoms.